The van der Waals surface area contributed by atoms with Gasteiger partial charge >= 0.3 is 0 Å². The molecule has 0 fully saturated rings. The maximum atomic E-state index is 12.1. The Hall–Kier alpha value is -2.21. The van der Waals surface area contributed by atoms with E-state index in [-0.39, 0.29) is 11.3 Å². The summed E-state index contributed by atoms with van der Waals surface area (Å²) < 4.78 is 5.92. The third-order valence-corrected chi connectivity index (χ3v) is 3.16. The van der Waals surface area contributed by atoms with Gasteiger partial charge in [-0.3, -0.25) is 4.79 Å². The van der Waals surface area contributed by atoms with E-state index < -0.39 is 11.7 Å². The van der Waals surface area contributed by atoms with Gasteiger partial charge < -0.3 is 20.3 Å². The van der Waals surface area contributed by atoms with Gasteiger partial charge in [0.2, 0.25) is 0 Å². The Balaban J connectivity index is 2.32. The average molecular weight is 338 g/mol. The van der Waals surface area contributed by atoms with E-state index in [0.717, 1.165) is 4.47 Å². The third kappa shape index (κ3) is 2.85. The number of aromatic hydroxyl groups is 2. The Morgan fingerprint density at radius 1 is 1.25 bits per heavy atom. The van der Waals surface area contributed by atoms with E-state index >= 15 is 0 Å². The van der Waals surface area contributed by atoms with Crippen molar-refractivity contribution in [1.29, 1.82) is 0 Å². The minimum atomic E-state index is -0.546. The molecule has 20 heavy (non-hydrogen) atoms. The molecule has 1 amide bonds. The highest BCUT2D eigenvalue weighted by Gasteiger charge is 2.15. The van der Waals surface area contributed by atoms with Crippen LogP contribution in [0.5, 0.6) is 17.2 Å². The van der Waals surface area contributed by atoms with Crippen LogP contribution in [0.4, 0.5) is 5.69 Å². The standard InChI is InChI=1S/C14H12BrNO4/c1-20-12-6-5-8(15)7-10(12)16-14(19)9-3-2-4-11(17)13(9)18/h2-7,17-18H,1H3,(H,16,19). The summed E-state index contributed by atoms with van der Waals surface area (Å²) in [6, 6.07) is 9.33. The van der Waals surface area contributed by atoms with Crippen LogP contribution in [0.1, 0.15) is 10.4 Å². The predicted molar refractivity (Wildman–Crippen MR) is 78.4 cm³/mol. The summed E-state index contributed by atoms with van der Waals surface area (Å²) in [4.78, 5) is 12.1. The van der Waals surface area contributed by atoms with Crippen LogP contribution in [0.2, 0.25) is 0 Å². The minimum absolute atomic E-state index is 0.0213. The first kappa shape index (κ1) is 14.2. The molecule has 0 saturated heterocycles. The van der Waals surface area contributed by atoms with Crippen molar-refractivity contribution >= 4 is 27.5 Å². The lowest BCUT2D eigenvalue weighted by Gasteiger charge is -2.11. The summed E-state index contributed by atoms with van der Waals surface area (Å²) in [5, 5.41) is 21.7. The van der Waals surface area contributed by atoms with Crippen LogP contribution in [0.25, 0.3) is 0 Å². The molecule has 0 spiro atoms. The van der Waals surface area contributed by atoms with Crippen LogP contribution in [0.15, 0.2) is 40.9 Å². The van der Waals surface area contributed by atoms with Gasteiger partial charge in [-0.05, 0) is 30.3 Å². The van der Waals surface area contributed by atoms with Gasteiger partial charge in [0.05, 0.1) is 18.4 Å². The van der Waals surface area contributed by atoms with E-state index in [9.17, 15) is 15.0 Å². The number of ether oxygens (including phenoxy) is 1. The van der Waals surface area contributed by atoms with Crippen molar-refractivity contribution in [1.82, 2.24) is 0 Å². The number of hydrogen-bond acceptors (Lipinski definition) is 4. The SMILES string of the molecule is COc1ccc(Br)cc1NC(=O)c1cccc(O)c1O. The first-order chi connectivity index (χ1) is 9.52. The van der Waals surface area contributed by atoms with Gasteiger partial charge in [0, 0.05) is 4.47 Å². The summed E-state index contributed by atoms with van der Waals surface area (Å²) >= 11 is 3.30. The Labute approximate surface area is 123 Å². The number of nitrogens with one attached hydrogen (secondary N) is 1. The number of hydrogen-bond donors (Lipinski definition) is 3. The summed E-state index contributed by atoms with van der Waals surface area (Å²) in [6.45, 7) is 0. The van der Waals surface area contributed by atoms with Gasteiger partial charge in [-0.1, -0.05) is 22.0 Å². The van der Waals surface area contributed by atoms with E-state index in [4.69, 9.17) is 4.74 Å². The van der Waals surface area contributed by atoms with Crippen molar-refractivity contribution in [2.75, 3.05) is 12.4 Å². The second-order valence-electron chi connectivity index (χ2n) is 3.97. The van der Waals surface area contributed by atoms with Gasteiger partial charge in [0.15, 0.2) is 11.5 Å². The first-order valence-electron chi connectivity index (χ1n) is 5.68. The van der Waals surface area contributed by atoms with Gasteiger partial charge in [-0.2, -0.15) is 0 Å². The Bertz CT molecular complexity index is 658. The molecular formula is C14H12BrNO4. The Kier molecular flexibility index (Phi) is 4.14. The van der Waals surface area contributed by atoms with Crippen LogP contribution in [-0.4, -0.2) is 23.2 Å². The van der Waals surface area contributed by atoms with Crippen LogP contribution in [0, 0.1) is 0 Å². The number of anilines is 1. The van der Waals surface area contributed by atoms with Crippen molar-refractivity contribution in [2.45, 2.75) is 0 Å². The molecule has 6 heteroatoms. The molecule has 0 atom stereocenters. The lowest BCUT2D eigenvalue weighted by Crippen LogP contribution is -2.12. The Morgan fingerprint density at radius 3 is 2.70 bits per heavy atom. The summed E-state index contributed by atoms with van der Waals surface area (Å²) in [6.07, 6.45) is 0. The molecule has 0 heterocycles. The number of amides is 1. The number of phenolic OH excluding ortho intramolecular Hbond substituents is 2. The molecule has 2 aromatic rings. The molecule has 0 unspecified atom stereocenters. The van der Waals surface area contributed by atoms with E-state index in [2.05, 4.69) is 21.2 Å². The predicted octanol–water partition coefficient (Wildman–Crippen LogP) is 3.12. The van der Waals surface area contributed by atoms with Crippen molar-refractivity contribution in [3.63, 3.8) is 0 Å². The first-order valence-corrected chi connectivity index (χ1v) is 6.48. The lowest BCUT2D eigenvalue weighted by atomic mass is 10.1. The maximum Gasteiger partial charge on any atom is 0.259 e. The number of phenols is 2. The van der Waals surface area contributed by atoms with E-state index in [0.29, 0.717) is 11.4 Å². The zero-order valence-electron chi connectivity index (χ0n) is 10.6. The van der Waals surface area contributed by atoms with Crippen LogP contribution in [-0.2, 0) is 0 Å². The highest BCUT2D eigenvalue weighted by Crippen LogP contribution is 2.31. The highest BCUT2D eigenvalue weighted by atomic mass is 79.9. The molecule has 0 bridgehead atoms. The number of benzene rings is 2. The molecule has 0 aliphatic carbocycles. The molecule has 2 rings (SSSR count). The number of methoxy groups -OCH3 is 1. The molecule has 3 N–H and O–H groups in total. The number of rotatable bonds is 3. The zero-order valence-corrected chi connectivity index (χ0v) is 12.1. The van der Waals surface area contributed by atoms with Crippen molar-refractivity contribution in [2.24, 2.45) is 0 Å². The number of para-hydroxylation sites is 1. The average Bonchev–Trinajstić information content (AvgIpc) is 2.42. The third-order valence-electron chi connectivity index (χ3n) is 2.67. The quantitative estimate of drug-likeness (QED) is 0.752. The molecule has 0 saturated carbocycles. The summed E-state index contributed by atoms with van der Waals surface area (Å²) in [5.74, 6) is -0.867. The molecule has 0 aliphatic rings. The fourth-order valence-electron chi connectivity index (χ4n) is 1.68. The highest BCUT2D eigenvalue weighted by molar-refractivity contribution is 9.10. The van der Waals surface area contributed by atoms with Crippen molar-refractivity contribution < 1.29 is 19.7 Å². The Morgan fingerprint density at radius 2 is 2.00 bits per heavy atom. The van der Waals surface area contributed by atoms with Gasteiger partial charge in [-0.25, -0.2) is 0 Å². The van der Waals surface area contributed by atoms with E-state index in [1.54, 1.807) is 18.2 Å². The molecular weight excluding hydrogens is 326 g/mol. The fraction of sp³-hybridized carbons (Fsp3) is 0.0714. The van der Waals surface area contributed by atoms with Gasteiger partial charge in [0.25, 0.3) is 5.91 Å². The van der Waals surface area contributed by atoms with Crippen molar-refractivity contribution in [3.05, 3.63) is 46.4 Å². The smallest absolute Gasteiger partial charge is 0.259 e. The van der Waals surface area contributed by atoms with Gasteiger partial charge in [0.1, 0.15) is 5.75 Å². The monoisotopic (exact) mass is 337 g/mol. The molecule has 0 radical (unpaired) electrons. The normalized spacial score (nSPS) is 10.1. The minimum Gasteiger partial charge on any atom is -0.504 e. The number of halogens is 1. The molecule has 104 valence electrons. The van der Waals surface area contributed by atoms with Gasteiger partial charge in [-0.15, -0.1) is 0 Å². The fourth-order valence-corrected chi connectivity index (χ4v) is 2.04. The zero-order chi connectivity index (χ0) is 14.7. The molecule has 0 aliphatic heterocycles. The van der Waals surface area contributed by atoms with Crippen molar-refractivity contribution in [3.8, 4) is 17.2 Å². The molecule has 0 aromatic heterocycles. The number of carbonyl (C=O) groups is 1. The molecule has 2 aromatic carbocycles. The summed E-state index contributed by atoms with van der Waals surface area (Å²) in [5.41, 5.74) is 0.432. The second kappa shape index (κ2) is 5.83. The summed E-state index contributed by atoms with van der Waals surface area (Å²) in [7, 11) is 1.49. The van der Waals surface area contributed by atoms with E-state index in [1.165, 1.54) is 25.3 Å². The number of carbonyl (C=O) groups excluding carboxylic acids is 1. The topological polar surface area (TPSA) is 78.8 Å². The van der Waals surface area contributed by atoms with Crippen LogP contribution in [0.3, 0.4) is 0 Å². The second-order valence-corrected chi connectivity index (χ2v) is 4.89. The molecule has 5 nitrogen and oxygen atoms in total. The maximum absolute atomic E-state index is 12.1. The largest absolute Gasteiger partial charge is 0.504 e. The van der Waals surface area contributed by atoms with E-state index in [1.807, 2.05) is 0 Å². The van der Waals surface area contributed by atoms with Crippen LogP contribution >= 0.6 is 15.9 Å². The lowest BCUT2D eigenvalue weighted by molar-refractivity contribution is 0.102. The van der Waals surface area contributed by atoms with Crippen LogP contribution < -0.4 is 10.1 Å².